The Hall–Kier alpha value is 0.460. The molecule has 4 N–H and O–H groups in total. The molecule has 0 bridgehead atoms. The third-order valence-corrected chi connectivity index (χ3v) is 2.61. The number of nitrogens with two attached hydrogens (primary N) is 1. The van der Waals surface area contributed by atoms with Crippen LogP contribution in [0, 0.1) is 0 Å². The Morgan fingerprint density at radius 1 is 1.78 bits per heavy atom. The summed E-state index contributed by atoms with van der Waals surface area (Å²) in [6, 6.07) is 0. The maximum Gasteiger partial charge on any atom is 0.327 e. The van der Waals surface area contributed by atoms with Crippen molar-refractivity contribution in [2.24, 2.45) is 5.73 Å². The van der Waals surface area contributed by atoms with Crippen molar-refractivity contribution in [2.75, 3.05) is 12.4 Å². The lowest BCUT2D eigenvalue weighted by Gasteiger charge is -2.08. The molecule has 56 valence electrons. The lowest BCUT2D eigenvalue weighted by Crippen LogP contribution is -2.19. The van der Waals surface area contributed by atoms with Crippen LogP contribution in [0.15, 0.2) is 0 Å². The average molecular weight is 171 g/mol. The second-order valence-electron chi connectivity index (χ2n) is 1.62. The minimum absolute atomic E-state index is 0.242. The summed E-state index contributed by atoms with van der Waals surface area (Å²) in [5.41, 5.74) is 5.23. The molecule has 0 amide bonds. The topological polar surface area (TPSA) is 83.6 Å². The lowest BCUT2D eigenvalue weighted by atomic mass is 10.8. The second kappa shape index (κ2) is 3.58. The zero-order valence-electron chi connectivity index (χ0n) is 5.02. The Balaban J connectivity index is 3.60. The van der Waals surface area contributed by atoms with Gasteiger partial charge in [0, 0.05) is 0 Å². The Bertz CT molecular complexity index is 124. The van der Waals surface area contributed by atoms with E-state index in [1.165, 1.54) is 11.8 Å². The van der Waals surface area contributed by atoms with Crippen LogP contribution in [0.4, 0.5) is 0 Å². The molecule has 1 unspecified atom stereocenters. The first-order valence-corrected chi connectivity index (χ1v) is 5.37. The highest BCUT2D eigenvalue weighted by molar-refractivity contribution is 7.99. The monoisotopic (exact) mass is 171 g/mol. The minimum atomic E-state index is -3.88. The molecule has 0 radical (unpaired) electrons. The lowest BCUT2D eigenvalue weighted by molar-refractivity contribution is 0.372. The molecule has 0 aromatic carbocycles. The summed E-state index contributed by atoms with van der Waals surface area (Å²) >= 11 is 1.24. The van der Waals surface area contributed by atoms with Crippen LogP contribution in [0.2, 0.25) is 0 Å². The average Bonchev–Trinajstić information content (AvgIpc) is 1.62. The molecule has 0 aromatic rings. The summed E-state index contributed by atoms with van der Waals surface area (Å²) in [6.45, 7) is 0. The summed E-state index contributed by atoms with van der Waals surface area (Å²) < 4.78 is 10.2. The van der Waals surface area contributed by atoms with Crippen molar-refractivity contribution >= 4 is 19.4 Å². The van der Waals surface area contributed by atoms with E-state index in [2.05, 4.69) is 0 Å². The van der Waals surface area contributed by atoms with E-state index in [0.29, 0.717) is 0 Å². The SMILES string of the molecule is CSC(N)CP(=O)(O)O. The standard InChI is InChI=1S/C3H10NO3PS/c1-9-3(4)2-8(5,6)7/h3H,2,4H2,1H3,(H2,5,6,7). The van der Waals surface area contributed by atoms with Gasteiger partial charge in [0.15, 0.2) is 0 Å². The third-order valence-electron chi connectivity index (χ3n) is 0.721. The second-order valence-corrected chi connectivity index (χ2v) is 4.39. The van der Waals surface area contributed by atoms with Crippen LogP contribution in [-0.2, 0) is 4.57 Å². The fourth-order valence-electron chi connectivity index (χ4n) is 0.309. The number of hydrogen-bond acceptors (Lipinski definition) is 3. The van der Waals surface area contributed by atoms with Crippen molar-refractivity contribution in [1.82, 2.24) is 0 Å². The van der Waals surface area contributed by atoms with Crippen molar-refractivity contribution < 1.29 is 14.4 Å². The van der Waals surface area contributed by atoms with Gasteiger partial charge in [0.1, 0.15) is 0 Å². The van der Waals surface area contributed by atoms with E-state index in [1.54, 1.807) is 6.26 Å². The summed E-state index contributed by atoms with van der Waals surface area (Å²) in [5, 5.41) is -0.453. The quantitative estimate of drug-likeness (QED) is 0.405. The van der Waals surface area contributed by atoms with E-state index in [-0.39, 0.29) is 6.16 Å². The maximum absolute atomic E-state index is 10.2. The van der Waals surface area contributed by atoms with Crippen LogP contribution < -0.4 is 5.73 Å². The Kier molecular flexibility index (Phi) is 3.77. The van der Waals surface area contributed by atoms with Gasteiger partial charge in [-0.15, -0.1) is 11.8 Å². The zero-order valence-corrected chi connectivity index (χ0v) is 6.73. The van der Waals surface area contributed by atoms with E-state index in [9.17, 15) is 4.57 Å². The van der Waals surface area contributed by atoms with Gasteiger partial charge in [0.25, 0.3) is 0 Å². The molecule has 1 atom stereocenters. The zero-order chi connectivity index (χ0) is 7.49. The van der Waals surface area contributed by atoms with Gasteiger partial charge in [0.2, 0.25) is 0 Å². The van der Waals surface area contributed by atoms with E-state index in [0.717, 1.165) is 0 Å². The molecular weight excluding hydrogens is 161 g/mol. The summed E-state index contributed by atoms with van der Waals surface area (Å²) in [5.74, 6) is 0. The van der Waals surface area contributed by atoms with E-state index in [4.69, 9.17) is 15.5 Å². The predicted octanol–water partition coefficient (Wildman–Crippen LogP) is -0.188. The Morgan fingerprint density at radius 2 is 2.22 bits per heavy atom. The molecule has 0 saturated carbocycles. The van der Waals surface area contributed by atoms with Crippen LogP contribution >= 0.6 is 19.4 Å². The van der Waals surface area contributed by atoms with Crippen LogP contribution in [-0.4, -0.2) is 27.6 Å². The van der Waals surface area contributed by atoms with Gasteiger partial charge in [-0.25, -0.2) is 0 Å². The van der Waals surface area contributed by atoms with Crippen LogP contribution in [0.3, 0.4) is 0 Å². The molecule has 0 aromatic heterocycles. The van der Waals surface area contributed by atoms with Crippen LogP contribution in [0.1, 0.15) is 0 Å². The molecule has 0 aliphatic heterocycles. The first-order chi connectivity index (χ1) is 3.95. The van der Waals surface area contributed by atoms with Gasteiger partial charge in [0.05, 0.1) is 11.5 Å². The number of rotatable bonds is 3. The third kappa shape index (κ3) is 6.34. The van der Waals surface area contributed by atoms with Gasteiger partial charge >= 0.3 is 7.60 Å². The van der Waals surface area contributed by atoms with Gasteiger partial charge in [-0.3, -0.25) is 4.57 Å². The minimum Gasteiger partial charge on any atom is -0.324 e. The fourth-order valence-corrected chi connectivity index (χ4v) is 1.96. The van der Waals surface area contributed by atoms with E-state index < -0.39 is 13.0 Å². The highest BCUT2D eigenvalue weighted by Gasteiger charge is 2.16. The van der Waals surface area contributed by atoms with Gasteiger partial charge in [-0.1, -0.05) is 0 Å². The van der Waals surface area contributed by atoms with Gasteiger partial charge in [-0.2, -0.15) is 0 Å². The summed E-state index contributed by atoms with van der Waals surface area (Å²) in [4.78, 5) is 16.7. The maximum atomic E-state index is 10.2. The summed E-state index contributed by atoms with van der Waals surface area (Å²) in [7, 11) is -3.88. The highest BCUT2D eigenvalue weighted by Crippen LogP contribution is 2.35. The van der Waals surface area contributed by atoms with Crippen LogP contribution in [0.25, 0.3) is 0 Å². The molecule has 0 saturated heterocycles. The van der Waals surface area contributed by atoms with Crippen molar-refractivity contribution in [3.8, 4) is 0 Å². The molecule has 9 heavy (non-hydrogen) atoms. The first kappa shape index (κ1) is 9.46. The molecule has 0 spiro atoms. The van der Waals surface area contributed by atoms with Gasteiger partial charge in [-0.05, 0) is 6.26 Å². The van der Waals surface area contributed by atoms with Crippen molar-refractivity contribution in [3.05, 3.63) is 0 Å². The predicted molar refractivity (Wildman–Crippen MR) is 38.4 cm³/mol. The molecule has 4 nitrogen and oxygen atoms in total. The van der Waals surface area contributed by atoms with Gasteiger partial charge < -0.3 is 15.5 Å². The number of thioether (sulfide) groups is 1. The normalized spacial score (nSPS) is 15.6. The molecular formula is C3H10NO3PS. The van der Waals surface area contributed by atoms with Crippen molar-refractivity contribution in [1.29, 1.82) is 0 Å². The largest absolute Gasteiger partial charge is 0.327 e. The molecule has 6 heteroatoms. The Labute approximate surface area is 58.0 Å². The fraction of sp³-hybridized carbons (Fsp3) is 1.00. The number of hydrogen-bond donors (Lipinski definition) is 3. The molecule has 0 fully saturated rings. The Morgan fingerprint density at radius 3 is 2.33 bits per heavy atom. The molecule has 0 aliphatic carbocycles. The van der Waals surface area contributed by atoms with Crippen molar-refractivity contribution in [2.45, 2.75) is 5.37 Å². The summed E-state index contributed by atoms with van der Waals surface area (Å²) in [6.07, 6.45) is 1.47. The van der Waals surface area contributed by atoms with E-state index in [1.807, 2.05) is 0 Å². The van der Waals surface area contributed by atoms with Crippen LogP contribution in [0.5, 0.6) is 0 Å². The highest BCUT2D eigenvalue weighted by atomic mass is 32.2. The first-order valence-electron chi connectivity index (χ1n) is 2.28. The van der Waals surface area contributed by atoms with E-state index >= 15 is 0 Å². The molecule has 0 heterocycles. The molecule has 0 rings (SSSR count). The van der Waals surface area contributed by atoms with Crippen molar-refractivity contribution in [3.63, 3.8) is 0 Å². The smallest absolute Gasteiger partial charge is 0.324 e. The molecule has 0 aliphatic rings.